The highest BCUT2D eigenvalue weighted by Crippen LogP contribution is 2.58. The molecule has 0 saturated carbocycles. The molecule has 9 nitrogen and oxygen atoms in total. The van der Waals surface area contributed by atoms with Gasteiger partial charge in [-0.15, -0.1) is 0 Å². The fourth-order valence-corrected chi connectivity index (χ4v) is 8.29. The van der Waals surface area contributed by atoms with Crippen LogP contribution in [0.4, 0.5) is 10.1 Å². The van der Waals surface area contributed by atoms with Gasteiger partial charge in [0.1, 0.15) is 11.2 Å². The molecule has 0 aromatic heterocycles. The molecule has 3 aliphatic rings. The zero-order valence-corrected chi connectivity index (χ0v) is 26.6. The van der Waals surface area contributed by atoms with E-state index in [-0.39, 0.29) is 43.8 Å². The van der Waals surface area contributed by atoms with Crippen LogP contribution in [0.1, 0.15) is 53.5 Å². The molecule has 0 aliphatic carbocycles. The summed E-state index contributed by atoms with van der Waals surface area (Å²) in [4.78, 5) is 40.9. The standard InChI is InChI=1S/C32H31Cl2FN4O5S/c1-45(43,44)39-11-9-18(10-12-39)30(41)36-17-20-5-7-23(35)15-24(20)29-32(25-8-6-22(34)14-27(25)37-31(32)42)26(16-28(40)38-29)19-3-2-4-21(33)13-19/h2-8,13-15,18,26,29H,9-12,16-17H2,1H3,(H,36,41)(H,37,42)(H,38,40)/t26-,29+,32-/m0/s1. The maximum absolute atomic E-state index is 15.0. The molecular formula is C32H31Cl2FN4O5S. The van der Waals surface area contributed by atoms with Gasteiger partial charge in [0.15, 0.2) is 0 Å². The van der Waals surface area contributed by atoms with Crippen molar-refractivity contribution in [2.45, 2.75) is 43.2 Å². The average molecular weight is 674 g/mol. The number of halogens is 3. The number of carbonyl (C=O) groups excluding carboxylic acids is 3. The van der Waals surface area contributed by atoms with Crippen molar-refractivity contribution in [3.8, 4) is 0 Å². The lowest BCUT2D eigenvalue weighted by Crippen LogP contribution is -2.57. The molecule has 6 rings (SSSR count). The second-order valence-corrected chi connectivity index (χ2v) is 14.7. The van der Waals surface area contributed by atoms with Gasteiger partial charge in [0.05, 0.1) is 12.3 Å². The Labute approximate surface area is 270 Å². The zero-order valence-electron chi connectivity index (χ0n) is 24.3. The molecule has 2 saturated heterocycles. The third-order valence-corrected chi connectivity index (χ3v) is 10.9. The number of amides is 3. The molecule has 3 amide bonds. The molecule has 45 heavy (non-hydrogen) atoms. The van der Waals surface area contributed by atoms with Crippen molar-refractivity contribution in [1.82, 2.24) is 14.9 Å². The molecule has 236 valence electrons. The maximum atomic E-state index is 15.0. The lowest BCUT2D eigenvalue weighted by Gasteiger charge is -2.47. The first-order valence-electron chi connectivity index (χ1n) is 14.6. The number of anilines is 1. The van der Waals surface area contributed by atoms with Gasteiger partial charge in [-0.3, -0.25) is 14.4 Å². The molecular weight excluding hydrogens is 642 g/mol. The molecule has 13 heteroatoms. The van der Waals surface area contributed by atoms with Crippen LogP contribution in [0.5, 0.6) is 0 Å². The lowest BCUT2D eigenvalue weighted by atomic mass is 9.59. The van der Waals surface area contributed by atoms with E-state index in [1.165, 1.54) is 22.5 Å². The molecule has 3 N–H and O–H groups in total. The van der Waals surface area contributed by atoms with Crippen molar-refractivity contribution < 1.29 is 27.2 Å². The molecule has 3 heterocycles. The molecule has 3 aromatic carbocycles. The number of sulfonamides is 1. The summed E-state index contributed by atoms with van der Waals surface area (Å²) in [6, 6.07) is 15.2. The number of nitrogens with zero attached hydrogens (tertiary/aromatic N) is 1. The fourth-order valence-electron chi connectivity index (χ4n) is 7.04. The fraction of sp³-hybridized carbons (Fsp3) is 0.344. The molecule has 0 unspecified atom stereocenters. The van der Waals surface area contributed by atoms with E-state index < -0.39 is 39.1 Å². The van der Waals surface area contributed by atoms with Crippen molar-refractivity contribution in [1.29, 1.82) is 0 Å². The van der Waals surface area contributed by atoms with Crippen LogP contribution in [0.15, 0.2) is 60.7 Å². The summed E-state index contributed by atoms with van der Waals surface area (Å²) in [6.45, 7) is 0.498. The van der Waals surface area contributed by atoms with E-state index in [1.54, 1.807) is 36.4 Å². The van der Waals surface area contributed by atoms with Crippen molar-refractivity contribution in [2.24, 2.45) is 5.92 Å². The first-order valence-corrected chi connectivity index (χ1v) is 17.2. The number of hydrogen-bond donors (Lipinski definition) is 3. The van der Waals surface area contributed by atoms with Gasteiger partial charge >= 0.3 is 0 Å². The quantitative estimate of drug-likeness (QED) is 0.352. The van der Waals surface area contributed by atoms with Crippen molar-refractivity contribution >= 4 is 56.6 Å². The summed E-state index contributed by atoms with van der Waals surface area (Å²) in [5.74, 6) is -2.61. The Morgan fingerprint density at radius 2 is 1.78 bits per heavy atom. The van der Waals surface area contributed by atoms with Crippen LogP contribution in [0, 0.1) is 11.7 Å². The number of nitrogens with one attached hydrogen (secondary N) is 3. The van der Waals surface area contributed by atoms with Crippen LogP contribution in [0.25, 0.3) is 0 Å². The first-order chi connectivity index (χ1) is 21.4. The Balaban J connectivity index is 1.39. The predicted molar refractivity (Wildman–Crippen MR) is 169 cm³/mol. The topological polar surface area (TPSA) is 125 Å². The van der Waals surface area contributed by atoms with E-state index in [1.807, 2.05) is 6.07 Å². The first kappa shape index (κ1) is 31.5. The third-order valence-electron chi connectivity index (χ3n) is 9.17. The minimum absolute atomic E-state index is 0.000113. The van der Waals surface area contributed by atoms with E-state index in [4.69, 9.17) is 23.2 Å². The summed E-state index contributed by atoms with van der Waals surface area (Å²) in [6.07, 6.45) is 1.87. The van der Waals surface area contributed by atoms with Crippen LogP contribution in [0.2, 0.25) is 10.0 Å². The SMILES string of the molecule is CS(=O)(=O)N1CCC(C(=O)NCc2ccc(F)cc2[C@H]2NC(=O)C[C@@H](c3cccc(Cl)c3)[C@]23C(=O)Nc2cc(Cl)ccc23)CC1. The minimum Gasteiger partial charge on any atom is -0.352 e. The smallest absolute Gasteiger partial charge is 0.238 e. The number of rotatable bonds is 6. The van der Waals surface area contributed by atoms with E-state index >= 15 is 4.39 Å². The molecule has 2 fully saturated rings. The van der Waals surface area contributed by atoms with Crippen molar-refractivity contribution in [2.75, 3.05) is 24.7 Å². The van der Waals surface area contributed by atoms with Gasteiger partial charge in [-0.05, 0) is 71.5 Å². The molecule has 1 spiro atoms. The Hall–Kier alpha value is -3.51. The van der Waals surface area contributed by atoms with Gasteiger partial charge in [0.2, 0.25) is 27.7 Å². The molecule has 3 aromatic rings. The predicted octanol–water partition coefficient (Wildman–Crippen LogP) is 4.66. The summed E-state index contributed by atoms with van der Waals surface area (Å²) >= 11 is 12.7. The lowest BCUT2D eigenvalue weighted by molar-refractivity contribution is -0.131. The number of fused-ring (bicyclic) bond motifs is 2. The highest BCUT2D eigenvalue weighted by molar-refractivity contribution is 7.88. The van der Waals surface area contributed by atoms with Gasteiger partial charge in [-0.25, -0.2) is 17.1 Å². The van der Waals surface area contributed by atoms with Crippen molar-refractivity contribution in [3.05, 3.63) is 98.8 Å². The normalized spacial score (nSPS) is 23.8. The monoisotopic (exact) mass is 672 g/mol. The van der Waals surface area contributed by atoms with Gasteiger partial charge < -0.3 is 16.0 Å². The summed E-state index contributed by atoms with van der Waals surface area (Å²) in [5.41, 5.74) is 1.22. The Morgan fingerprint density at radius 3 is 2.49 bits per heavy atom. The second-order valence-electron chi connectivity index (χ2n) is 11.8. The van der Waals surface area contributed by atoms with Crippen LogP contribution >= 0.6 is 23.2 Å². The maximum Gasteiger partial charge on any atom is 0.238 e. The number of benzene rings is 3. The van der Waals surface area contributed by atoms with Crippen molar-refractivity contribution in [3.63, 3.8) is 0 Å². The highest BCUT2D eigenvalue weighted by Gasteiger charge is 2.61. The van der Waals surface area contributed by atoms with Crippen LogP contribution in [0.3, 0.4) is 0 Å². The highest BCUT2D eigenvalue weighted by atomic mass is 35.5. The Kier molecular flexibility index (Phi) is 8.40. The van der Waals surface area contributed by atoms with Gasteiger partial charge in [-0.1, -0.05) is 47.5 Å². The van der Waals surface area contributed by atoms with Gasteiger partial charge in [0, 0.05) is 53.6 Å². The zero-order chi connectivity index (χ0) is 32.1. The summed E-state index contributed by atoms with van der Waals surface area (Å²) < 4.78 is 40.2. The van der Waals surface area contributed by atoms with E-state index in [0.717, 1.165) is 6.26 Å². The molecule has 0 bridgehead atoms. The van der Waals surface area contributed by atoms with Crippen LogP contribution in [-0.4, -0.2) is 49.8 Å². The van der Waals surface area contributed by atoms with Crippen LogP contribution < -0.4 is 16.0 Å². The average Bonchev–Trinajstić information content (AvgIpc) is 3.27. The van der Waals surface area contributed by atoms with E-state index in [0.29, 0.717) is 50.8 Å². The molecule has 3 aliphatic heterocycles. The molecule has 0 radical (unpaired) electrons. The minimum atomic E-state index is -3.34. The van der Waals surface area contributed by atoms with Crippen LogP contribution in [-0.2, 0) is 36.4 Å². The second kappa shape index (κ2) is 12.0. The summed E-state index contributed by atoms with van der Waals surface area (Å²) in [7, 11) is -3.34. The van der Waals surface area contributed by atoms with E-state index in [2.05, 4.69) is 16.0 Å². The number of carbonyl (C=O) groups is 3. The van der Waals surface area contributed by atoms with Gasteiger partial charge in [-0.2, -0.15) is 0 Å². The Bertz CT molecular complexity index is 1810. The number of piperidine rings is 2. The Morgan fingerprint density at radius 1 is 1.04 bits per heavy atom. The van der Waals surface area contributed by atoms with E-state index in [9.17, 15) is 22.8 Å². The number of hydrogen-bond acceptors (Lipinski definition) is 5. The largest absolute Gasteiger partial charge is 0.352 e. The molecule has 3 atom stereocenters. The van der Waals surface area contributed by atoms with Gasteiger partial charge in [0.25, 0.3) is 0 Å². The summed E-state index contributed by atoms with van der Waals surface area (Å²) in [5, 5.41) is 9.73. The third kappa shape index (κ3) is 5.82.